The van der Waals surface area contributed by atoms with Gasteiger partial charge >= 0.3 is 5.97 Å². The highest BCUT2D eigenvalue weighted by atomic mass is 35.5. The van der Waals surface area contributed by atoms with Crippen molar-refractivity contribution in [2.45, 2.75) is 33.3 Å². The molecule has 134 valence electrons. The van der Waals surface area contributed by atoms with Crippen LogP contribution in [0.15, 0.2) is 18.2 Å². The topological polar surface area (TPSA) is 73.3 Å². The van der Waals surface area contributed by atoms with Crippen LogP contribution < -0.4 is 0 Å². The fourth-order valence-corrected chi connectivity index (χ4v) is 5.15. The van der Waals surface area contributed by atoms with Crippen molar-refractivity contribution >= 4 is 38.3 Å². The van der Waals surface area contributed by atoms with E-state index in [1.807, 2.05) is 32.0 Å². The van der Waals surface area contributed by atoms with E-state index in [4.69, 9.17) is 16.3 Å². The Labute approximate surface area is 152 Å². The zero-order valence-corrected chi connectivity index (χ0v) is 15.8. The smallest absolute Gasteiger partial charge is 0.306 e. The van der Waals surface area contributed by atoms with Crippen molar-refractivity contribution in [3.63, 3.8) is 0 Å². The Morgan fingerprint density at radius 1 is 1.36 bits per heavy atom. The third-order valence-corrected chi connectivity index (χ3v) is 6.87. The number of aryl methyl sites for hydroxylation is 2. The number of sulfone groups is 1. The number of nitrogens with zero attached hydrogens (tertiary/aromatic N) is 1. The van der Waals surface area contributed by atoms with E-state index in [0.717, 1.165) is 22.0 Å². The van der Waals surface area contributed by atoms with Crippen LogP contribution in [0.1, 0.15) is 29.5 Å². The lowest BCUT2D eigenvalue weighted by Gasteiger charge is -2.11. The van der Waals surface area contributed by atoms with Crippen LogP contribution in [0.25, 0.3) is 10.9 Å². The zero-order valence-electron chi connectivity index (χ0n) is 14.2. The zero-order chi connectivity index (χ0) is 18.2. The molecule has 0 unspecified atom stereocenters. The first-order valence-corrected chi connectivity index (χ1v) is 10.4. The molecule has 1 fully saturated rings. The number of hydrogen-bond donors (Lipinski definition) is 0. The second kappa shape index (κ2) is 6.92. The number of fused-ring (bicyclic) bond motifs is 1. The average molecular weight is 382 g/mol. The summed E-state index contributed by atoms with van der Waals surface area (Å²) in [5.41, 5.74) is 3.70. The fraction of sp³-hybridized carbons (Fsp3) is 0.444. The molecule has 0 bridgehead atoms. The molecule has 2 heterocycles. The number of rotatable bonds is 4. The van der Waals surface area contributed by atoms with Crippen LogP contribution in [0.5, 0.6) is 0 Å². The predicted octanol–water partition coefficient (Wildman–Crippen LogP) is 3.37. The second-order valence-corrected chi connectivity index (χ2v) is 9.24. The van der Waals surface area contributed by atoms with Crippen molar-refractivity contribution in [1.82, 2.24) is 4.98 Å². The minimum atomic E-state index is -2.99. The van der Waals surface area contributed by atoms with Gasteiger partial charge in [0.05, 0.1) is 17.0 Å². The molecule has 1 atom stereocenters. The first kappa shape index (κ1) is 18.1. The van der Waals surface area contributed by atoms with E-state index < -0.39 is 15.8 Å². The van der Waals surface area contributed by atoms with E-state index in [1.54, 1.807) is 0 Å². The van der Waals surface area contributed by atoms with Crippen molar-refractivity contribution < 1.29 is 17.9 Å². The molecule has 0 spiro atoms. The van der Waals surface area contributed by atoms with Crippen molar-refractivity contribution in [3.8, 4) is 0 Å². The number of benzene rings is 1. The molecule has 3 rings (SSSR count). The number of halogens is 1. The van der Waals surface area contributed by atoms with E-state index in [-0.39, 0.29) is 30.5 Å². The SMILES string of the molecule is Cc1ccc2cc(COC(=O)C[C@@H]3CCS(=O)(=O)C3)c(Cl)nc2c1C. The van der Waals surface area contributed by atoms with E-state index in [1.165, 1.54) is 0 Å². The first-order valence-electron chi connectivity index (χ1n) is 8.16. The maximum Gasteiger partial charge on any atom is 0.306 e. The molecule has 1 aromatic heterocycles. The van der Waals surface area contributed by atoms with Crippen LogP contribution in [0.4, 0.5) is 0 Å². The molecule has 1 aliphatic heterocycles. The summed E-state index contributed by atoms with van der Waals surface area (Å²) in [6, 6.07) is 5.86. The van der Waals surface area contributed by atoms with Gasteiger partial charge in [-0.3, -0.25) is 4.79 Å². The Balaban J connectivity index is 1.68. The van der Waals surface area contributed by atoms with Gasteiger partial charge in [0.2, 0.25) is 0 Å². The molecule has 0 saturated carbocycles. The van der Waals surface area contributed by atoms with Gasteiger partial charge < -0.3 is 4.74 Å². The minimum absolute atomic E-state index is 0.0347. The molecular weight excluding hydrogens is 362 g/mol. The summed E-state index contributed by atoms with van der Waals surface area (Å²) in [6.07, 6.45) is 0.643. The van der Waals surface area contributed by atoms with Gasteiger partial charge in [0.25, 0.3) is 0 Å². The number of ether oxygens (including phenoxy) is 1. The Kier molecular flexibility index (Phi) is 5.02. The van der Waals surface area contributed by atoms with E-state index in [0.29, 0.717) is 17.1 Å². The Morgan fingerprint density at radius 2 is 2.12 bits per heavy atom. The maximum atomic E-state index is 12.0. The summed E-state index contributed by atoms with van der Waals surface area (Å²) in [5, 5.41) is 1.26. The summed E-state index contributed by atoms with van der Waals surface area (Å²) in [4.78, 5) is 16.4. The van der Waals surface area contributed by atoms with Gasteiger partial charge in [0.15, 0.2) is 9.84 Å². The molecule has 1 saturated heterocycles. The molecule has 1 aromatic carbocycles. The molecule has 0 N–H and O–H groups in total. The highest BCUT2D eigenvalue weighted by Crippen LogP contribution is 2.26. The van der Waals surface area contributed by atoms with E-state index >= 15 is 0 Å². The third kappa shape index (κ3) is 4.12. The quantitative estimate of drug-likeness (QED) is 0.599. The lowest BCUT2D eigenvalue weighted by Crippen LogP contribution is -2.13. The summed E-state index contributed by atoms with van der Waals surface area (Å²) in [7, 11) is -2.99. The lowest BCUT2D eigenvalue weighted by atomic mass is 10.0. The largest absolute Gasteiger partial charge is 0.461 e. The van der Waals surface area contributed by atoms with Crippen molar-refractivity contribution in [2.24, 2.45) is 5.92 Å². The molecular formula is C18H20ClNO4S. The van der Waals surface area contributed by atoms with Crippen molar-refractivity contribution in [3.05, 3.63) is 40.0 Å². The van der Waals surface area contributed by atoms with Crippen LogP contribution in [0.2, 0.25) is 5.15 Å². The van der Waals surface area contributed by atoms with Crippen molar-refractivity contribution in [2.75, 3.05) is 11.5 Å². The summed E-state index contributed by atoms with van der Waals surface area (Å²) in [5.74, 6) is -0.324. The number of esters is 1. The summed E-state index contributed by atoms with van der Waals surface area (Å²) in [6.45, 7) is 4.05. The van der Waals surface area contributed by atoms with Crippen molar-refractivity contribution in [1.29, 1.82) is 0 Å². The molecule has 2 aromatic rings. The second-order valence-electron chi connectivity index (χ2n) is 6.65. The van der Waals surface area contributed by atoms with Gasteiger partial charge in [-0.1, -0.05) is 23.7 Å². The highest BCUT2D eigenvalue weighted by molar-refractivity contribution is 7.91. The summed E-state index contributed by atoms with van der Waals surface area (Å²) < 4.78 is 28.2. The number of aromatic nitrogens is 1. The third-order valence-electron chi connectivity index (χ3n) is 4.71. The predicted molar refractivity (Wildman–Crippen MR) is 97.4 cm³/mol. The van der Waals surface area contributed by atoms with Crippen LogP contribution in [-0.2, 0) is 26.0 Å². The van der Waals surface area contributed by atoms with Crippen LogP contribution in [-0.4, -0.2) is 30.9 Å². The van der Waals surface area contributed by atoms with Gasteiger partial charge in [0, 0.05) is 17.4 Å². The molecule has 1 aliphatic rings. The molecule has 0 radical (unpaired) electrons. The highest BCUT2D eigenvalue weighted by Gasteiger charge is 2.29. The van der Waals surface area contributed by atoms with Gasteiger partial charge in [-0.25, -0.2) is 13.4 Å². The number of carbonyl (C=O) groups excluding carboxylic acids is 1. The monoisotopic (exact) mass is 381 g/mol. The Morgan fingerprint density at radius 3 is 2.80 bits per heavy atom. The fourth-order valence-electron chi connectivity index (χ4n) is 3.09. The van der Waals surface area contributed by atoms with Crippen LogP contribution >= 0.6 is 11.6 Å². The summed E-state index contributed by atoms with van der Waals surface area (Å²) >= 11 is 6.24. The van der Waals surface area contributed by atoms with Gasteiger partial charge in [-0.2, -0.15) is 0 Å². The number of pyridine rings is 1. The number of carbonyl (C=O) groups is 1. The lowest BCUT2D eigenvalue weighted by molar-refractivity contribution is -0.145. The normalized spacial score (nSPS) is 19.2. The Bertz CT molecular complexity index is 940. The standard InChI is InChI=1S/C18H20ClNO4S/c1-11-3-4-14-8-15(18(19)20-17(14)12(11)2)9-24-16(21)7-13-5-6-25(22,23)10-13/h3-4,8,13H,5-7,9-10H2,1-2H3/t13-/m0/s1. The Hall–Kier alpha value is -1.66. The molecule has 25 heavy (non-hydrogen) atoms. The van der Waals surface area contributed by atoms with Gasteiger partial charge in [-0.15, -0.1) is 0 Å². The van der Waals surface area contributed by atoms with E-state index in [9.17, 15) is 13.2 Å². The molecule has 7 heteroatoms. The molecule has 5 nitrogen and oxygen atoms in total. The average Bonchev–Trinajstić information content (AvgIpc) is 2.88. The minimum Gasteiger partial charge on any atom is -0.461 e. The van der Waals surface area contributed by atoms with E-state index in [2.05, 4.69) is 4.98 Å². The first-order chi connectivity index (χ1) is 11.7. The van der Waals surface area contributed by atoms with Crippen LogP contribution in [0, 0.1) is 19.8 Å². The number of hydrogen-bond acceptors (Lipinski definition) is 5. The molecule has 0 amide bonds. The van der Waals surface area contributed by atoms with Gasteiger partial charge in [-0.05, 0) is 43.4 Å². The van der Waals surface area contributed by atoms with Gasteiger partial charge in [0.1, 0.15) is 11.8 Å². The maximum absolute atomic E-state index is 12.0. The molecule has 0 aliphatic carbocycles. The van der Waals surface area contributed by atoms with Crippen LogP contribution in [0.3, 0.4) is 0 Å².